The second kappa shape index (κ2) is 8.38. The summed E-state index contributed by atoms with van der Waals surface area (Å²) >= 11 is 2.97. The van der Waals surface area contributed by atoms with Crippen LogP contribution < -0.4 is 0 Å². The van der Waals surface area contributed by atoms with E-state index in [0.717, 1.165) is 21.7 Å². The molecule has 1 amide bonds. The highest BCUT2D eigenvalue weighted by Gasteiger charge is 2.18. The number of carbonyl (C=O) groups is 2. The van der Waals surface area contributed by atoms with Gasteiger partial charge < -0.3 is 4.90 Å². The topological polar surface area (TPSA) is 50.3 Å². The van der Waals surface area contributed by atoms with Gasteiger partial charge in [-0.05, 0) is 36.4 Å². The number of rotatable bonds is 7. The fourth-order valence-electron chi connectivity index (χ4n) is 2.63. The highest BCUT2D eigenvalue weighted by atomic mass is 32.1. The predicted molar refractivity (Wildman–Crippen MR) is 106 cm³/mol. The number of Topliss-reactive ketones (excluding diaryl/α,β-unsaturated/α-hetero) is 1. The summed E-state index contributed by atoms with van der Waals surface area (Å²) in [6, 6.07) is 11.8. The SMILES string of the molecule is CC(=O)c1cc(CC(=O)N(Cc2ccccc2)Cc2scnc2C)cs1. The summed E-state index contributed by atoms with van der Waals surface area (Å²) < 4.78 is 0. The van der Waals surface area contributed by atoms with Gasteiger partial charge in [-0.2, -0.15) is 0 Å². The maximum Gasteiger partial charge on any atom is 0.227 e. The molecule has 0 bridgehead atoms. The molecule has 0 saturated heterocycles. The van der Waals surface area contributed by atoms with E-state index in [0.29, 0.717) is 24.4 Å². The molecule has 0 aliphatic heterocycles. The van der Waals surface area contributed by atoms with Gasteiger partial charge in [-0.1, -0.05) is 30.3 Å². The minimum atomic E-state index is 0.0372. The van der Waals surface area contributed by atoms with E-state index < -0.39 is 0 Å². The first-order valence-corrected chi connectivity index (χ1v) is 10.1. The Kier molecular flexibility index (Phi) is 5.96. The molecule has 1 aromatic carbocycles. The molecule has 0 N–H and O–H groups in total. The fourth-order valence-corrected chi connectivity index (χ4v) is 4.23. The van der Waals surface area contributed by atoms with Crippen molar-refractivity contribution in [2.24, 2.45) is 0 Å². The lowest BCUT2D eigenvalue weighted by molar-refractivity contribution is -0.131. The molecule has 134 valence electrons. The summed E-state index contributed by atoms with van der Waals surface area (Å²) in [4.78, 5) is 32.4. The van der Waals surface area contributed by atoms with E-state index in [9.17, 15) is 9.59 Å². The van der Waals surface area contributed by atoms with E-state index >= 15 is 0 Å². The van der Waals surface area contributed by atoms with E-state index in [1.807, 2.05) is 59.1 Å². The molecule has 2 heterocycles. The highest BCUT2D eigenvalue weighted by molar-refractivity contribution is 7.12. The molecule has 3 rings (SSSR count). The van der Waals surface area contributed by atoms with Crippen LogP contribution in [-0.4, -0.2) is 21.6 Å². The Morgan fingerprint density at radius 3 is 2.46 bits per heavy atom. The van der Waals surface area contributed by atoms with Crippen LogP contribution in [-0.2, 0) is 24.3 Å². The summed E-state index contributed by atoms with van der Waals surface area (Å²) in [5, 5.41) is 1.90. The Morgan fingerprint density at radius 2 is 1.85 bits per heavy atom. The first-order chi connectivity index (χ1) is 12.5. The van der Waals surface area contributed by atoms with E-state index in [1.54, 1.807) is 18.3 Å². The van der Waals surface area contributed by atoms with Crippen molar-refractivity contribution in [3.05, 3.63) is 73.9 Å². The van der Waals surface area contributed by atoms with Crippen molar-refractivity contribution in [1.82, 2.24) is 9.88 Å². The maximum atomic E-state index is 13.0. The Morgan fingerprint density at radius 1 is 1.08 bits per heavy atom. The van der Waals surface area contributed by atoms with Crippen molar-refractivity contribution < 1.29 is 9.59 Å². The summed E-state index contributed by atoms with van der Waals surface area (Å²) in [5.74, 6) is 0.0877. The standard InChI is InChI=1S/C20H20N2O2S2/c1-14-19(26-13-21-14)11-22(10-16-6-4-3-5-7-16)20(24)9-17-8-18(15(2)23)25-12-17/h3-8,12-13H,9-11H2,1-2H3. The smallest absolute Gasteiger partial charge is 0.227 e. The second-order valence-electron chi connectivity index (χ2n) is 6.15. The van der Waals surface area contributed by atoms with Gasteiger partial charge in [0.25, 0.3) is 0 Å². The zero-order valence-electron chi connectivity index (χ0n) is 14.8. The normalized spacial score (nSPS) is 10.7. The molecule has 2 aromatic heterocycles. The first-order valence-electron chi connectivity index (χ1n) is 8.32. The molecule has 3 aromatic rings. The Balaban J connectivity index is 1.77. The van der Waals surface area contributed by atoms with E-state index in [4.69, 9.17) is 0 Å². The number of carbonyl (C=O) groups excluding carboxylic acids is 2. The first kappa shape index (κ1) is 18.5. The summed E-state index contributed by atoms with van der Waals surface area (Å²) in [5.41, 5.74) is 4.77. The molecule has 0 fully saturated rings. The number of hydrogen-bond donors (Lipinski definition) is 0. The fraction of sp³-hybridized carbons (Fsp3) is 0.250. The molecular weight excluding hydrogens is 364 g/mol. The molecule has 26 heavy (non-hydrogen) atoms. The third-order valence-electron chi connectivity index (χ3n) is 4.10. The maximum absolute atomic E-state index is 13.0. The van der Waals surface area contributed by atoms with Crippen molar-refractivity contribution >= 4 is 34.4 Å². The molecule has 0 saturated carbocycles. The van der Waals surface area contributed by atoms with Gasteiger partial charge in [-0.3, -0.25) is 9.59 Å². The summed E-state index contributed by atoms with van der Waals surface area (Å²) in [6.45, 7) is 4.62. The number of nitrogens with zero attached hydrogens (tertiary/aromatic N) is 2. The Bertz CT molecular complexity index is 899. The van der Waals surface area contributed by atoms with Crippen molar-refractivity contribution in [2.75, 3.05) is 0 Å². The summed E-state index contributed by atoms with van der Waals surface area (Å²) in [7, 11) is 0. The molecule has 4 nitrogen and oxygen atoms in total. The zero-order valence-corrected chi connectivity index (χ0v) is 16.4. The van der Waals surface area contributed by atoms with Gasteiger partial charge in [0.2, 0.25) is 5.91 Å². The average Bonchev–Trinajstić information content (AvgIpc) is 3.25. The molecule has 0 aliphatic carbocycles. The average molecular weight is 385 g/mol. The van der Waals surface area contributed by atoms with Crippen LogP contribution in [0.3, 0.4) is 0 Å². The number of aryl methyl sites for hydroxylation is 1. The lowest BCUT2D eigenvalue weighted by Crippen LogP contribution is -2.31. The number of ketones is 1. The van der Waals surface area contributed by atoms with Gasteiger partial charge in [0.15, 0.2) is 5.78 Å². The quantitative estimate of drug-likeness (QED) is 0.564. The van der Waals surface area contributed by atoms with Gasteiger partial charge in [0.1, 0.15) is 0 Å². The van der Waals surface area contributed by atoms with Gasteiger partial charge in [0.05, 0.1) is 29.0 Å². The molecule has 0 radical (unpaired) electrons. The summed E-state index contributed by atoms with van der Waals surface area (Å²) in [6.07, 6.45) is 0.300. The predicted octanol–water partition coefficient (Wildman–Crippen LogP) is 4.49. The van der Waals surface area contributed by atoms with E-state index in [1.165, 1.54) is 11.3 Å². The minimum Gasteiger partial charge on any atom is -0.333 e. The minimum absolute atomic E-state index is 0.0372. The van der Waals surface area contributed by atoms with Crippen molar-refractivity contribution in [3.63, 3.8) is 0 Å². The lowest BCUT2D eigenvalue weighted by atomic mass is 10.1. The number of benzene rings is 1. The van der Waals surface area contributed by atoms with Crippen molar-refractivity contribution in [3.8, 4) is 0 Å². The van der Waals surface area contributed by atoms with Gasteiger partial charge >= 0.3 is 0 Å². The Labute approximate surface area is 161 Å². The molecule has 0 spiro atoms. The van der Waals surface area contributed by atoms with E-state index in [2.05, 4.69) is 4.98 Å². The van der Waals surface area contributed by atoms with Crippen LogP contribution in [0.5, 0.6) is 0 Å². The van der Waals surface area contributed by atoms with Crippen LogP contribution in [0.2, 0.25) is 0 Å². The lowest BCUT2D eigenvalue weighted by Gasteiger charge is -2.22. The molecular formula is C20H20N2O2S2. The number of aromatic nitrogens is 1. The molecule has 0 aliphatic rings. The number of hydrogen-bond acceptors (Lipinski definition) is 5. The van der Waals surface area contributed by atoms with Gasteiger partial charge in [0, 0.05) is 11.4 Å². The molecule has 6 heteroatoms. The second-order valence-corrected chi connectivity index (χ2v) is 8.00. The van der Waals surface area contributed by atoms with Gasteiger partial charge in [-0.25, -0.2) is 4.98 Å². The molecule has 0 unspecified atom stereocenters. The van der Waals surface area contributed by atoms with Crippen molar-refractivity contribution in [2.45, 2.75) is 33.4 Å². The van der Waals surface area contributed by atoms with E-state index in [-0.39, 0.29) is 11.7 Å². The third-order valence-corrected chi connectivity index (χ3v) is 6.10. The Hall–Kier alpha value is -2.31. The van der Waals surface area contributed by atoms with Gasteiger partial charge in [-0.15, -0.1) is 22.7 Å². The third kappa shape index (κ3) is 4.65. The zero-order chi connectivity index (χ0) is 18.5. The largest absolute Gasteiger partial charge is 0.333 e. The van der Waals surface area contributed by atoms with Crippen LogP contribution in [0.1, 0.15) is 38.3 Å². The van der Waals surface area contributed by atoms with Crippen LogP contribution >= 0.6 is 22.7 Å². The number of amides is 1. The van der Waals surface area contributed by atoms with Crippen LogP contribution in [0.25, 0.3) is 0 Å². The van der Waals surface area contributed by atoms with Crippen LogP contribution in [0.15, 0.2) is 47.3 Å². The monoisotopic (exact) mass is 384 g/mol. The highest BCUT2D eigenvalue weighted by Crippen LogP contribution is 2.20. The number of thiophene rings is 1. The van der Waals surface area contributed by atoms with Crippen molar-refractivity contribution in [1.29, 1.82) is 0 Å². The molecule has 0 atom stereocenters. The number of thiazole rings is 1. The van der Waals surface area contributed by atoms with Crippen LogP contribution in [0, 0.1) is 6.92 Å². The van der Waals surface area contributed by atoms with Crippen LogP contribution in [0.4, 0.5) is 0 Å².